The highest BCUT2D eigenvalue weighted by molar-refractivity contribution is 5.74. The van der Waals surface area contributed by atoms with E-state index in [9.17, 15) is 4.79 Å². The molecule has 1 unspecified atom stereocenters. The van der Waals surface area contributed by atoms with E-state index in [1.54, 1.807) is 6.92 Å². The number of nitrogens with one attached hydrogen (secondary N) is 1. The van der Waals surface area contributed by atoms with Gasteiger partial charge in [-0.2, -0.15) is 0 Å². The van der Waals surface area contributed by atoms with Crippen molar-refractivity contribution in [2.45, 2.75) is 47.1 Å². The maximum atomic E-state index is 12.0. The van der Waals surface area contributed by atoms with Gasteiger partial charge in [-0.05, 0) is 73.2 Å². The fourth-order valence-corrected chi connectivity index (χ4v) is 4.56. The average Bonchev–Trinajstić information content (AvgIpc) is 3.16. The van der Waals surface area contributed by atoms with Gasteiger partial charge in [0.05, 0.1) is 18.3 Å². The number of nitrogens with zero attached hydrogens (tertiary/aromatic N) is 1. The predicted molar refractivity (Wildman–Crippen MR) is 139 cm³/mol. The molecule has 1 aromatic heterocycles. The molecular formula is C30H32N2O3. The molecule has 0 aliphatic heterocycles. The Morgan fingerprint density at radius 3 is 2.06 bits per heavy atom. The molecule has 180 valence electrons. The third-order valence-corrected chi connectivity index (χ3v) is 6.38. The van der Waals surface area contributed by atoms with E-state index in [-0.39, 0.29) is 11.9 Å². The minimum absolute atomic E-state index is 0.0754. The molecule has 0 spiro atoms. The Bertz CT molecular complexity index is 1260. The highest BCUT2D eigenvalue weighted by atomic mass is 16.5. The van der Waals surface area contributed by atoms with Crippen LogP contribution in [0.15, 0.2) is 71.3 Å². The predicted octanol–water partition coefficient (Wildman–Crippen LogP) is 6.42. The zero-order chi connectivity index (χ0) is 24.9. The van der Waals surface area contributed by atoms with Crippen LogP contribution in [-0.4, -0.2) is 17.7 Å². The molecule has 0 aliphatic rings. The van der Waals surface area contributed by atoms with Gasteiger partial charge in [0.1, 0.15) is 11.5 Å². The van der Waals surface area contributed by atoms with E-state index in [1.165, 1.54) is 22.3 Å². The van der Waals surface area contributed by atoms with Crippen molar-refractivity contribution in [1.82, 2.24) is 10.5 Å². The molecule has 1 amide bonds. The number of carbonyl (C=O) groups is 1. The van der Waals surface area contributed by atoms with Gasteiger partial charge < -0.3 is 14.6 Å². The maximum Gasteiger partial charge on any atom is 0.217 e. The fourth-order valence-electron chi connectivity index (χ4n) is 4.56. The second-order valence-electron chi connectivity index (χ2n) is 8.99. The van der Waals surface area contributed by atoms with Crippen LogP contribution in [0.5, 0.6) is 5.75 Å². The Hall–Kier alpha value is -3.86. The summed E-state index contributed by atoms with van der Waals surface area (Å²) < 4.78 is 11.2. The molecule has 5 heteroatoms. The molecule has 0 aliphatic carbocycles. The lowest BCUT2D eigenvalue weighted by Crippen LogP contribution is -2.26. The molecule has 1 heterocycles. The van der Waals surface area contributed by atoms with Crippen molar-refractivity contribution in [2.24, 2.45) is 0 Å². The number of hydrogen-bond donors (Lipinski definition) is 1. The van der Waals surface area contributed by atoms with Gasteiger partial charge >= 0.3 is 0 Å². The average molecular weight is 469 g/mol. The summed E-state index contributed by atoms with van der Waals surface area (Å²) in [4.78, 5) is 12.0. The smallest absolute Gasteiger partial charge is 0.217 e. The second kappa shape index (κ2) is 10.6. The third-order valence-electron chi connectivity index (χ3n) is 6.38. The lowest BCUT2D eigenvalue weighted by Gasteiger charge is -2.20. The molecule has 4 rings (SSSR count). The van der Waals surface area contributed by atoms with E-state index in [0.717, 1.165) is 40.3 Å². The Balaban J connectivity index is 1.50. The van der Waals surface area contributed by atoms with Gasteiger partial charge in [0.15, 0.2) is 0 Å². The van der Waals surface area contributed by atoms with Gasteiger partial charge in [-0.25, -0.2) is 0 Å². The Labute approximate surface area is 207 Å². The monoisotopic (exact) mass is 468 g/mol. The number of amides is 1. The molecule has 0 saturated carbocycles. The van der Waals surface area contributed by atoms with Crippen molar-refractivity contribution in [3.63, 3.8) is 0 Å². The van der Waals surface area contributed by atoms with Gasteiger partial charge in [-0.1, -0.05) is 59.8 Å². The number of ether oxygens (including phenoxy) is 1. The third kappa shape index (κ3) is 5.62. The molecule has 0 radical (unpaired) electrons. The van der Waals surface area contributed by atoms with Gasteiger partial charge in [0.2, 0.25) is 5.91 Å². The minimum atomic E-state index is -0.240. The summed E-state index contributed by atoms with van der Waals surface area (Å²) in [5, 5.41) is 7.08. The quantitative estimate of drug-likeness (QED) is 0.324. The topological polar surface area (TPSA) is 64.4 Å². The van der Waals surface area contributed by atoms with Crippen molar-refractivity contribution >= 4 is 5.91 Å². The first kappa shape index (κ1) is 24.3. The van der Waals surface area contributed by atoms with Crippen molar-refractivity contribution < 1.29 is 14.1 Å². The summed E-state index contributed by atoms with van der Waals surface area (Å²) in [6.07, 6.45) is 0.740. The highest BCUT2D eigenvalue weighted by Crippen LogP contribution is 2.30. The highest BCUT2D eigenvalue weighted by Gasteiger charge is 2.16. The van der Waals surface area contributed by atoms with Crippen LogP contribution in [0, 0.1) is 27.7 Å². The Morgan fingerprint density at radius 1 is 0.914 bits per heavy atom. The van der Waals surface area contributed by atoms with Crippen LogP contribution < -0.4 is 10.1 Å². The van der Waals surface area contributed by atoms with Gasteiger partial charge in [0.25, 0.3) is 0 Å². The number of aromatic nitrogens is 1. The number of carbonyl (C=O) groups excluding carboxylic acids is 1. The first-order chi connectivity index (χ1) is 16.8. The summed E-state index contributed by atoms with van der Waals surface area (Å²) in [7, 11) is 0. The fraction of sp³-hybridized carbons (Fsp3) is 0.267. The largest absolute Gasteiger partial charge is 0.493 e. The van der Waals surface area contributed by atoms with Crippen LogP contribution in [0.1, 0.15) is 52.2 Å². The molecule has 5 nitrogen and oxygen atoms in total. The molecular weight excluding hydrogens is 436 g/mol. The summed E-state index contributed by atoms with van der Waals surface area (Å²) in [6.45, 7) is 10.2. The van der Waals surface area contributed by atoms with Gasteiger partial charge in [-0.3, -0.25) is 4.79 Å². The lowest BCUT2D eigenvalue weighted by atomic mass is 9.92. The zero-order valence-corrected chi connectivity index (χ0v) is 21.0. The number of aryl methyl sites for hydroxylation is 4. The Morgan fingerprint density at radius 2 is 1.51 bits per heavy atom. The van der Waals surface area contributed by atoms with E-state index in [1.807, 2.05) is 38.1 Å². The van der Waals surface area contributed by atoms with Gasteiger partial charge in [-0.15, -0.1) is 0 Å². The van der Waals surface area contributed by atoms with Crippen LogP contribution >= 0.6 is 0 Å². The van der Waals surface area contributed by atoms with E-state index >= 15 is 0 Å². The standard InChI is InChI=1S/C30H32N2O3/c1-19-7-6-8-20(2)29(19)24-9-11-25(12-10-24)30(31-23(5)33)26-13-15-27(16-14-26)34-18-17-28-21(3)32-35-22(28)4/h6-16,30H,17-18H2,1-5H3,(H,31,33). The van der Waals surface area contributed by atoms with Gasteiger partial charge in [0, 0.05) is 18.9 Å². The number of benzene rings is 3. The Kier molecular flexibility index (Phi) is 7.35. The maximum absolute atomic E-state index is 12.0. The minimum Gasteiger partial charge on any atom is -0.493 e. The van der Waals surface area contributed by atoms with Crippen LogP contribution in [0.4, 0.5) is 0 Å². The van der Waals surface area contributed by atoms with Crippen molar-refractivity contribution in [3.05, 3.63) is 106 Å². The normalized spacial score (nSPS) is 11.8. The van der Waals surface area contributed by atoms with E-state index in [0.29, 0.717) is 6.61 Å². The molecule has 0 saturated heterocycles. The van der Waals surface area contributed by atoms with E-state index < -0.39 is 0 Å². The van der Waals surface area contributed by atoms with Crippen LogP contribution in [0.25, 0.3) is 11.1 Å². The molecule has 0 bridgehead atoms. The molecule has 1 atom stereocenters. The first-order valence-electron chi connectivity index (χ1n) is 11.9. The first-order valence-corrected chi connectivity index (χ1v) is 11.9. The van der Waals surface area contributed by atoms with Crippen molar-refractivity contribution in [3.8, 4) is 16.9 Å². The summed E-state index contributed by atoms with van der Waals surface area (Å²) in [5.41, 5.74) is 8.96. The van der Waals surface area contributed by atoms with E-state index in [4.69, 9.17) is 9.26 Å². The summed E-state index contributed by atoms with van der Waals surface area (Å²) in [5.74, 6) is 1.55. The van der Waals surface area contributed by atoms with Crippen LogP contribution in [-0.2, 0) is 11.2 Å². The molecule has 3 aromatic carbocycles. The van der Waals surface area contributed by atoms with Crippen LogP contribution in [0.3, 0.4) is 0 Å². The molecule has 35 heavy (non-hydrogen) atoms. The number of hydrogen-bond acceptors (Lipinski definition) is 4. The molecule has 0 fully saturated rings. The number of rotatable bonds is 8. The zero-order valence-electron chi connectivity index (χ0n) is 21.0. The summed E-state index contributed by atoms with van der Waals surface area (Å²) >= 11 is 0. The molecule has 4 aromatic rings. The van der Waals surface area contributed by atoms with Crippen LogP contribution in [0.2, 0.25) is 0 Å². The summed E-state index contributed by atoms with van der Waals surface area (Å²) in [6, 6.07) is 22.5. The SMILES string of the molecule is CC(=O)NC(c1ccc(OCCc2c(C)noc2C)cc1)c1ccc(-c2c(C)cccc2C)cc1. The van der Waals surface area contributed by atoms with Crippen molar-refractivity contribution in [1.29, 1.82) is 0 Å². The second-order valence-corrected chi connectivity index (χ2v) is 8.99. The van der Waals surface area contributed by atoms with E-state index in [2.05, 4.69) is 66.8 Å². The lowest BCUT2D eigenvalue weighted by molar-refractivity contribution is -0.119. The molecule has 1 N–H and O–H groups in total. The van der Waals surface area contributed by atoms with Crippen molar-refractivity contribution in [2.75, 3.05) is 6.61 Å².